The van der Waals surface area contributed by atoms with E-state index in [0.29, 0.717) is 5.92 Å². The molecule has 0 amide bonds. The Hall–Kier alpha value is -1.61. The van der Waals surface area contributed by atoms with Gasteiger partial charge in [-0.05, 0) is 43.7 Å². The highest BCUT2D eigenvalue weighted by Crippen LogP contribution is 2.24. The Morgan fingerprint density at radius 2 is 1.95 bits per heavy atom. The fourth-order valence-electron chi connectivity index (χ4n) is 2.01. The topological polar surface area (TPSA) is 34.1 Å². The van der Waals surface area contributed by atoms with Gasteiger partial charge < -0.3 is 10.1 Å². The van der Waals surface area contributed by atoms with Gasteiger partial charge in [0.25, 0.3) is 0 Å². The lowest BCUT2D eigenvalue weighted by Crippen LogP contribution is -2.31. The van der Waals surface area contributed by atoms with Crippen LogP contribution in [0.1, 0.15) is 20.8 Å². The minimum absolute atomic E-state index is 0.143. The van der Waals surface area contributed by atoms with E-state index in [1.165, 1.54) is 0 Å². The molecule has 1 aromatic heterocycles. The van der Waals surface area contributed by atoms with E-state index in [0.717, 1.165) is 29.7 Å². The van der Waals surface area contributed by atoms with Crippen molar-refractivity contribution in [1.82, 2.24) is 10.3 Å². The molecule has 1 unspecified atom stereocenters. The van der Waals surface area contributed by atoms with Gasteiger partial charge in [-0.15, -0.1) is 0 Å². The molecular weight excluding hydrogens is 236 g/mol. The smallest absolute Gasteiger partial charge is 0.129 e. The van der Waals surface area contributed by atoms with Gasteiger partial charge >= 0.3 is 0 Å². The molecule has 1 heterocycles. The maximum Gasteiger partial charge on any atom is 0.129 e. The number of ether oxygens (including phenoxy) is 1. The number of nitrogens with zero attached hydrogens (tertiary/aromatic N) is 1. The number of pyridine rings is 1. The summed E-state index contributed by atoms with van der Waals surface area (Å²) in [4.78, 5) is 4.34. The standard InChI is InChI=1S/C16H22N2O/c1-12(2)10-17-11-13(3)19-16-8-4-7-15-14(16)6-5-9-18-15/h4-9,12-13,17H,10-11H2,1-3H3. The molecule has 0 fully saturated rings. The first-order chi connectivity index (χ1) is 9.16. The van der Waals surface area contributed by atoms with E-state index in [1.807, 2.05) is 30.3 Å². The molecule has 3 nitrogen and oxygen atoms in total. The summed E-state index contributed by atoms with van der Waals surface area (Å²) in [5, 5.41) is 4.48. The molecule has 2 rings (SSSR count). The molecule has 2 aromatic rings. The molecule has 102 valence electrons. The van der Waals surface area contributed by atoms with Crippen LogP contribution in [0.2, 0.25) is 0 Å². The van der Waals surface area contributed by atoms with Crippen molar-refractivity contribution in [2.45, 2.75) is 26.9 Å². The molecule has 0 radical (unpaired) electrons. The van der Waals surface area contributed by atoms with Gasteiger partial charge in [-0.3, -0.25) is 4.98 Å². The van der Waals surface area contributed by atoms with Crippen molar-refractivity contribution in [3.05, 3.63) is 36.5 Å². The quantitative estimate of drug-likeness (QED) is 0.863. The average molecular weight is 258 g/mol. The largest absolute Gasteiger partial charge is 0.489 e. The summed E-state index contributed by atoms with van der Waals surface area (Å²) in [6, 6.07) is 9.98. The molecule has 1 atom stereocenters. The maximum absolute atomic E-state index is 6.01. The van der Waals surface area contributed by atoms with E-state index in [1.54, 1.807) is 6.20 Å². The van der Waals surface area contributed by atoms with Gasteiger partial charge in [-0.25, -0.2) is 0 Å². The Bertz CT molecular complexity index is 520. The highest BCUT2D eigenvalue weighted by molar-refractivity contribution is 5.84. The van der Waals surface area contributed by atoms with Crippen molar-refractivity contribution < 1.29 is 4.74 Å². The number of nitrogens with one attached hydrogen (secondary N) is 1. The second-order valence-electron chi connectivity index (χ2n) is 5.31. The van der Waals surface area contributed by atoms with Crippen molar-refractivity contribution in [1.29, 1.82) is 0 Å². The van der Waals surface area contributed by atoms with Gasteiger partial charge in [0.05, 0.1) is 5.52 Å². The fourth-order valence-corrected chi connectivity index (χ4v) is 2.01. The number of hydrogen-bond donors (Lipinski definition) is 1. The van der Waals surface area contributed by atoms with Gasteiger partial charge in [0.15, 0.2) is 0 Å². The molecule has 1 N–H and O–H groups in total. The van der Waals surface area contributed by atoms with E-state index in [9.17, 15) is 0 Å². The van der Waals surface area contributed by atoms with Crippen molar-refractivity contribution in [3.8, 4) is 5.75 Å². The Morgan fingerprint density at radius 1 is 1.11 bits per heavy atom. The average Bonchev–Trinajstić information content (AvgIpc) is 2.39. The number of rotatable bonds is 6. The van der Waals surface area contributed by atoms with Gasteiger partial charge in [-0.2, -0.15) is 0 Å². The maximum atomic E-state index is 6.01. The predicted octanol–water partition coefficient (Wildman–Crippen LogP) is 3.25. The number of fused-ring (bicyclic) bond motifs is 1. The van der Waals surface area contributed by atoms with Crippen LogP contribution in [-0.4, -0.2) is 24.2 Å². The van der Waals surface area contributed by atoms with Gasteiger partial charge in [0.1, 0.15) is 11.9 Å². The number of aromatic nitrogens is 1. The summed E-state index contributed by atoms with van der Waals surface area (Å²) in [5.74, 6) is 1.57. The van der Waals surface area contributed by atoms with Crippen LogP contribution in [-0.2, 0) is 0 Å². The minimum atomic E-state index is 0.143. The third-order valence-corrected chi connectivity index (χ3v) is 2.92. The van der Waals surface area contributed by atoms with Crippen LogP contribution >= 0.6 is 0 Å². The first-order valence-corrected chi connectivity index (χ1v) is 6.88. The molecule has 0 aliphatic heterocycles. The van der Waals surface area contributed by atoms with E-state index in [-0.39, 0.29) is 6.10 Å². The van der Waals surface area contributed by atoms with Gasteiger partial charge in [0.2, 0.25) is 0 Å². The summed E-state index contributed by atoms with van der Waals surface area (Å²) in [6.45, 7) is 8.37. The van der Waals surface area contributed by atoms with Crippen molar-refractivity contribution in [2.24, 2.45) is 5.92 Å². The molecule has 0 aliphatic carbocycles. The molecule has 0 saturated carbocycles. The molecule has 0 bridgehead atoms. The van der Waals surface area contributed by atoms with Gasteiger partial charge in [-0.1, -0.05) is 19.9 Å². The Morgan fingerprint density at radius 3 is 2.74 bits per heavy atom. The van der Waals surface area contributed by atoms with Crippen molar-refractivity contribution >= 4 is 10.9 Å². The minimum Gasteiger partial charge on any atom is -0.489 e. The SMILES string of the molecule is CC(C)CNCC(C)Oc1cccc2ncccc12. The van der Waals surface area contributed by atoms with E-state index >= 15 is 0 Å². The van der Waals surface area contributed by atoms with Crippen LogP contribution < -0.4 is 10.1 Å². The highest BCUT2D eigenvalue weighted by atomic mass is 16.5. The molecule has 19 heavy (non-hydrogen) atoms. The second-order valence-corrected chi connectivity index (χ2v) is 5.31. The third kappa shape index (κ3) is 3.93. The lowest BCUT2D eigenvalue weighted by atomic mass is 10.2. The molecule has 0 saturated heterocycles. The summed E-state index contributed by atoms with van der Waals surface area (Å²) >= 11 is 0. The van der Waals surface area contributed by atoms with E-state index in [2.05, 4.69) is 31.1 Å². The number of hydrogen-bond acceptors (Lipinski definition) is 3. The first-order valence-electron chi connectivity index (χ1n) is 6.88. The first kappa shape index (κ1) is 13.8. The second kappa shape index (κ2) is 6.53. The van der Waals surface area contributed by atoms with Crippen molar-refractivity contribution in [2.75, 3.05) is 13.1 Å². The Kier molecular flexibility index (Phi) is 4.74. The van der Waals surface area contributed by atoms with Gasteiger partial charge in [0, 0.05) is 18.1 Å². The van der Waals surface area contributed by atoms with Crippen molar-refractivity contribution in [3.63, 3.8) is 0 Å². The molecular formula is C16H22N2O. The summed E-state index contributed by atoms with van der Waals surface area (Å²) in [5.41, 5.74) is 0.974. The third-order valence-electron chi connectivity index (χ3n) is 2.92. The van der Waals surface area contributed by atoms with Crippen LogP contribution in [0.3, 0.4) is 0 Å². The Balaban J connectivity index is 2.00. The van der Waals surface area contributed by atoms with Crippen LogP contribution in [0, 0.1) is 5.92 Å². The Labute approximate surface area is 115 Å². The molecule has 0 spiro atoms. The normalized spacial score (nSPS) is 12.8. The molecule has 3 heteroatoms. The van der Waals surface area contributed by atoms with Crippen LogP contribution in [0.5, 0.6) is 5.75 Å². The van der Waals surface area contributed by atoms with E-state index < -0.39 is 0 Å². The van der Waals surface area contributed by atoms with Crippen LogP contribution in [0.15, 0.2) is 36.5 Å². The predicted molar refractivity (Wildman–Crippen MR) is 79.5 cm³/mol. The summed E-state index contributed by atoms with van der Waals surface area (Å²) in [6.07, 6.45) is 1.95. The molecule has 1 aromatic carbocycles. The number of benzene rings is 1. The zero-order valence-corrected chi connectivity index (χ0v) is 11.9. The zero-order chi connectivity index (χ0) is 13.7. The summed E-state index contributed by atoms with van der Waals surface area (Å²) < 4.78 is 6.01. The monoisotopic (exact) mass is 258 g/mol. The van der Waals surface area contributed by atoms with Crippen LogP contribution in [0.4, 0.5) is 0 Å². The van der Waals surface area contributed by atoms with Crippen LogP contribution in [0.25, 0.3) is 10.9 Å². The zero-order valence-electron chi connectivity index (χ0n) is 11.9. The molecule has 0 aliphatic rings. The lowest BCUT2D eigenvalue weighted by molar-refractivity contribution is 0.218. The fraction of sp³-hybridized carbons (Fsp3) is 0.438. The lowest BCUT2D eigenvalue weighted by Gasteiger charge is -2.17. The van der Waals surface area contributed by atoms with E-state index in [4.69, 9.17) is 4.74 Å². The highest BCUT2D eigenvalue weighted by Gasteiger charge is 2.07. The summed E-state index contributed by atoms with van der Waals surface area (Å²) in [7, 11) is 0.